The summed E-state index contributed by atoms with van der Waals surface area (Å²) in [6, 6.07) is 0. The molecular formula is C10H19N2O3S2+. The molecule has 5 nitrogen and oxygen atoms in total. The van der Waals surface area contributed by atoms with E-state index in [9.17, 15) is 4.79 Å². The van der Waals surface area contributed by atoms with Gasteiger partial charge in [0.15, 0.2) is 11.0 Å². The topological polar surface area (TPSA) is 38.8 Å². The fourth-order valence-corrected chi connectivity index (χ4v) is 4.61. The van der Waals surface area contributed by atoms with E-state index < -0.39 is 0 Å². The molecule has 98 valence electrons. The predicted molar refractivity (Wildman–Crippen MR) is 69.1 cm³/mol. The van der Waals surface area contributed by atoms with Crippen molar-refractivity contribution < 1.29 is 18.2 Å². The number of ether oxygens (including phenoxy) is 2. The first-order valence-electron chi connectivity index (χ1n) is 5.88. The number of rotatable bonds is 3. The van der Waals surface area contributed by atoms with Crippen molar-refractivity contribution in [3.8, 4) is 0 Å². The molecule has 2 heterocycles. The Morgan fingerprint density at radius 2 is 1.71 bits per heavy atom. The van der Waals surface area contributed by atoms with Crippen LogP contribution in [0, 0.1) is 0 Å². The molecule has 0 aromatic heterocycles. The van der Waals surface area contributed by atoms with Crippen LogP contribution in [-0.4, -0.2) is 66.7 Å². The second kappa shape index (κ2) is 6.40. The van der Waals surface area contributed by atoms with Crippen molar-refractivity contribution >= 4 is 27.9 Å². The Morgan fingerprint density at radius 1 is 1.12 bits per heavy atom. The molecule has 0 aliphatic carbocycles. The van der Waals surface area contributed by atoms with Crippen LogP contribution < -0.4 is 0 Å². The van der Waals surface area contributed by atoms with E-state index in [0.29, 0.717) is 17.1 Å². The van der Waals surface area contributed by atoms with Gasteiger partial charge in [-0.15, -0.1) is 0 Å². The monoisotopic (exact) mass is 279 g/mol. The van der Waals surface area contributed by atoms with Crippen LogP contribution in [0.1, 0.15) is 6.92 Å². The Bertz CT molecular complexity index is 266. The zero-order valence-corrected chi connectivity index (χ0v) is 11.7. The molecule has 2 aliphatic heterocycles. The fourth-order valence-electron chi connectivity index (χ4n) is 1.81. The second-order valence-electron chi connectivity index (χ2n) is 4.16. The van der Waals surface area contributed by atoms with Crippen molar-refractivity contribution in [3.63, 3.8) is 0 Å². The van der Waals surface area contributed by atoms with E-state index in [-0.39, 0.29) is 5.91 Å². The van der Waals surface area contributed by atoms with Gasteiger partial charge in [0.1, 0.15) is 13.1 Å². The Morgan fingerprint density at radius 3 is 2.29 bits per heavy atom. The van der Waals surface area contributed by atoms with Gasteiger partial charge in [-0.05, 0) is 0 Å². The van der Waals surface area contributed by atoms with Gasteiger partial charge in [-0.2, -0.15) is 3.89 Å². The van der Waals surface area contributed by atoms with E-state index in [1.165, 1.54) is 0 Å². The van der Waals surface area contributed by atoms with Crippen LogP contribution in [0.4, 0.5) is 0 Å². The molecule has 17 heavy (non-hydrogen) atoms. The van der Waals surface area contributed by atoms with Gasteiger partial charge in [0.2, 0.25) is 0 Å². The number of quaternary nitrogens is 1. The summed E-state index contributed by atoms with van der Waals surface area (Å²) in [4.78, 5) is 11.8. The maximum absolute atomic E-state index is 11.8. The minimum atomic E-state index is 0.221. The summed E-state index contributed by atoms with van der Waals surface area (Å²) >= 11 is 0. The van der Waals surface area contributed by atoms with Crippen LogP contribution in [0.15, 0.2) is 0 Å². The van der Waals surface area contributed by atoms with Crippen LogP contribution in [0.25, 0.3) is 0 Å². The van der Waals surface area contributed by atoms with Crippen molar-refractivity contribution in [2.45, 2.75) is 6.92 Å². The molecule has 2 rings (SSSR count). The van der Waals surface area contributed by atoms with E-state index >= 15 is 0 Å². The van der Waals surface area contributed by atoms with Crippen LogP contribution >= 0.6 is 22.0 Å². The van der Waals surface area contributed by atoms with Gasteiger partial charge in [0.25, 0.3) is 0 Å². The zero-order chi connectivity index (χ0) is 12.1. The molecule has 0 radical (unpaired) electrons. The zero-order valence-electron chi connectivity index (χ0n) is 10.1. The summed E-state index contributed by atoms with van der Waals surface area (Å²) in [5, 5.41) is 0. The summed E-state index contributed by atoms with van der Waals surface area (Å²) in [5.41, 5.74) is 0. The smallest absolute Gasteiger partial charge is 0.322 e. The maximum atomic E-state index is 11.8. The second-order valence-corrected chi connectivity index (χ2v) is 6.57. The molecule has 7 heteroatoms. The van der Waals surface area contributed by atoms with E-state index in [4.69, 9.17) is 9.47 Å². The Hall–Kier alpha value is 0.210. The molecule has 1 amide bonds. The summed E-state index contributed by atoms with van der Waals surface area (Å²) in [5.74, 6) is 0.221. The average Bonchev–Trinajstić information content (AvgIpc) is 2.38. The van der Waals surface area contributed by atoms with Crippen LogP contribution in [0.5, 0.6) is 0 Å². The molecule has 0 aromatic rings. The number of hydrogen-bond donors (Lipinski definition) is 0. The van der Waals surface area contributed by atoms with Crippen LogP contribution in [0.2, 0.25) is 0 Å². The third kappa shape index (κ3) is 3.59. The molecule has 2 saturated heterocycles. The van der Waals surface area contributed by atoms with Crippen molar-refractivity contribution in [1.29, 1.82) is 0 Å². The number of carbonyl (C=O) groups excluding carboxylic acids is 1. The van der Waals surface area contributed by atoms with Crippen LogP contribution in [-0.2, 0) is 14.3 Å². The van der Waals surface area contributed by atoms with E-state index in [2.05, 4.69) is 4.31 Å². The minimum Gasteiger partial charge on any atom is -0.379 e. The Labute approximate surface area is 110 Å². The van der Waals surface area contributed by atoms with E-state index in [1.54, 1.807) is 28.9 Å². The molecule has 0 atom stereocenters. The van der Waals surface area contributed by atoms with Gasteiger partial charge in [-0.1, -0.05) is 0 Å². The third-order valence-corrected chi connectivity index (χ3v) is 6.26. The first-order valence-corrected chi connectivity index (χ1v) is 7.94. The lowest BCUT2D eigenvalue weighted by molar-refractivity contribution is -0.726. The van der Waals surface area contributed by atoms with Crippen molar-refractivity contribution in [2.24, 2.45) is 0 Å². The van der Waals surface area contributed by atoms with Gasteiger partial charge in [-0.3, -0.25) is 0 Å². The van der Waals surface area contributed by atoms with Gasteiger partial charge in [0, 0.05) is 13.1 Å². The van der Waals surface area contributed by atoms with Crippen molar-refractivity contribution in [3.05, 3.63) is 0 Å². The first-order chi connectivity index (χ1) is 8.23. The number of hydrogen-bond acceptors (Lipinski definition) is 6. The van der Waals surface area contributed by atoms with Gasteiger partial charge in [0.05, 0.1) is 44.3 Å². The number of amides is 1. The predicted octanol–water partition coefficient (Wildman–Crippen LogP) is 0.923. The summed E-state index contributed by atoms with van der Waals surface area (Å²) < 4.78 is 13.4. The standard InChI is InChI=1S/C10H19N2O3S2/c1-10(13)12(4-8-15-9-5-12)17-16-11-2-6-14-7-3-11/h2-9H2,1H3/q+1. The SMILES string of the molecule is CC(=O)[N+]1(SSN2CCOCC2)CCOCC1. The highest BCUT2D eigenvalue weighted by Crippen LogP contribution is 2.37. The molecule has 0 bridgehead atoms. The largest absolute Gasteiger partial charge is 0.379 e. The molecule has 0 aromatic carbocycles. The molecule has 2 fully saturated rings. The quantitative estimate of drug-likeness (QED) is 0.435. The number of morpholine rings is 2. The van der Waals surface area contributed by atoms with Gasteiger partial charge < -0.3 is 9.47 Å². The molecular weight excluding hydrogens is 260 g/mol. The summed E-state index contributed by atoms with van der Waals surface area (Å²) in [7, 11) is 3.35. The lowest BCUT2D eigenvalue weighted by atomic mass is 10.4. The average molecular weight is 279 g/mol. The lowest BCUT2D eigenvalue weighted by Crippen LogP contribution is -2.52. The highest BCUT2D eigenvalue weighted by molar-refractivity contribution is 8.73. The number of carbonyl (C=O) groups is 1. The van der Waals surface area contributed by atoms with E-state index in [0.717, 1.165) is 39.4 Å². The Balaban J connectivity index is 1.86. The van der Waals surface area contributed by atoms with E-state index in [1.807, 2.05) is 0 Å². The summed E-state index contributed by atoms with van der Waals surface area (Å²) in [6.07, 6.45) is 0. The lowest BCUT2D eigenvalue weighted by Gasteiger charge is -2.36. The maximum Gasteiger partial charge on any atom is 0.322 e. The first kappa shape index (κ1) is 13.6. The normalized spacial score (nSPS) is 25.7. The Kier molecular flexibility index (Phi) is 5.13. The fraction of sp³-hybridized carbons (Fsp3) is 0.900. The third-order valence-electron chi connectivity index (χ3n) is 3.02. The highest BCUT2D eigenvalue weighted by Gasteiger charge is 2.39. The van der Waals surface area contributed by atoms with Crippen molar-refractivity contribution in [2.75, 3.05) is 52.6 Å². The van der Waals surface area contributed by atoms with Gasteiger partial charge >= 0.3 is 5.91 Å². The van der Waals surface area contributed by atoms with Crippen molar-refractivity contribution in [1.82, 2.24) is 4.31 Å². The number of nitrogens with zero attached hydrogens (tertiary/aromatic N) is 2. The summed E-state index contributed by atoms with van der Waals surface area (Å²) in [6.45, 7) is 8.03. The minimum absolute atomic E-state index is 0.221. The van der Waals surface area contributed by atoms with Crippen LogP contribution in [0.3, 0.4) is 0 Å². The molecule has 0 spiro atoms. The van der Waals surface area contributed by atoms with Gasteiger partial charge in [-0.25, -0.2) is 9.10 Å². The molecule has 0 N–H and O–H groups in total. The molecule has 2 aliphatic rings. The molecule has 0 saturated carbocycles. The molecule has 0 unspecified atom stereocenters. The highest BCUT2D eigenvalue weighted by atomic mass is 33.1.